The number of hydrogen-bond acceptors (Lipinski definition) is 7. The van der Waals surface area contributed by atoms with E-state index in [1.54, 1.807) is 12.5 Å². The van der Waals surface area contributed by atoms with E-state index in [1.807, 2.05) is 12.1 Å². The van der Waals surface area contributed by atoms with Crippen molar-refractivity contribution in [2.75, 3.05) is 17.2 Å². The molecule has 0 radical (unpaired) electrons. The normalized spacial score (nSPS) is 10.7. The van der Waals surface area contributed by atoms with E-state index in [1.165, 1.54) is 0 Å². The Labute approximate surface area is 121 Å². The van der Waals surface area contributed by atoms with Gasteiger partial charge in [-0.3, -0.25) is 0 Å². The minimum Gasteiger partial charge on any atom is -0.362 e. The molecule has 3 heterocycles. The minimum atomic E-state index is 0.534. The lowest BCUT2D eigenvalue weighted by molar-refractivity contribution is 0.918. The Morgan fingerprint density at radius 3 is 3.00 bits per heavy atom. The fourth-order valence-electron chi connectivity index (χ4n) is 1.88. The van der Waals surface area contributed by atoms with Crippen LogP contribution in [0.2, 0.25) is 0 Å². The lowest BCUT2D eigenvalue weighted by Crippen LogP contribution is -2.09. The SMILES string of the molecule is CCCNc1nc(NCc2cccnn2)c2[nH]cnc2n1. The molecule has 8 heteroatoms. The zero-order valence-corrected chi connectivity index (χ0v) is 11.7. The van der Waals surface area contributed by atoms with E-state index in [-0.39, 0.29) is 0 Å². The van der Waals surface area contributed by atoms with Gasteiger partial charge in [0.25, 0.3) is 0 Å². The quantitative estimate of drug-likeness (QED) is 0.631. The van der Waals surface area contributed by atoms with E-state index in [0.717, 1.165) is 24.2 Å². The van der Waals surface area contributed by atoms with Gasteiger partial charge in [-0.1, -0.05) is 6.92 Å². The van der Waals surface area contributed by atoms with Crippen LogP contribution in [0.5, 0.6) is 0 Å². The molecule has 0 spiro atoms. The van der Waals surface area contributed by atoms with Crippen molar-refractivity contribution in [1.82, 2.24) is 30.1 Å². The van der Waals surface area contributed by atoms with E-state index < -0.39 is 0 Å². The van der Waals surface area contributed by atoms with Crippen molar-refractivity contribution < 1.29 is 0 Å². The van der Waals surface area contributed by atoms with Crippen LogP contribution in [0.3, 0.4) is 0 Å². The topological polar surface area (TPSA) is 104 Å². The van der Waals surface area contributed by atoms with E-state index >= 15 is 0 Å². The molecule has 0 amide bonds. The predicted molar refractivity (Wildman–Crippen MR) is 79.8 cm³/mol. The molecular weight excluding hydrogens is 268 g/mol. The van der Waals surface area contributed by atoms with Gasteiger partial charge in [-0.05, 0) is 18.6 Å². The Kier molecular flexibility index (Phi) is 3.85. The third-order valence-corrected chi connectivity index (χ3v) is 2.88. The molecule has 108 valence electrons. The van der Waals surface area contributed by atoms with Crippen molar-refractivity contribution >= 4 is 22.9 Å². The summed E-state index contributed by atoms with van der Waals surface area (Å²) < 4.78 is 0. The number of hydrogen-bond donors (Lipinski definition) is 3. The van der Waals surface area contributed by atoms with Crippen LogP contribution in [0.4, 0.5) is 11.8 Å². The molecule has 0 fully saturated rings. The number of rotatable bonds is 6. The van der Waals surface area contributed by atoms with E-state index in [2.05, 4.69) is 47.7 Å². The third kappa shape index (κ3) is 3.04. The second-order valence-electron chi connectivity index (χ2n) is 4.49. The summed E-state index contributed by atoms with van der Waals surface area (Å²) in [6.07, 6.45) is 4.26. The highest BCUT2D eigenvalue weighted by Gasteiger charge is 2.09. The lowest BCUT2D eigenvalue weighted by atomic mass is 10.4. The molecule has 0 bridgehead atoms. The molecule has 3 rings (SSSR count). The van der Waals surface area contributed by atoms with Gasteiger partial charge in [0.1, 0.15) is 5.52 Å². The maximum atomic E-state index is 4.47. The van der Waals surface area contributed by atoms with Crippen LogP contribution in [0, 0.1) is 0 Å². The number of fused-ring (bicyclic) bond motifs is 1. The zero-order valence-electron chi connectivity index (χ0n) is 11.7. The first-order valence-electron chi connectivity index (χ1n) is 6.82. The number of nitrogens with one attached hydrogen (secondary N) is 3. The Morgan fingerprint density at radius 1 is 1.24 bits per heavy atom. The Bertz CT molecular complexity index is 709. The summed E-state index contributed by atoms with van der Waals surface area (Å²) in [6, 6.07) is 3.76. The highest BCUT2D eigenvalue weighted by Crippen LogP contribution is 2.19. The molecule has 3 aromatic heterocycles. The van der Waals surface area contributed by atoms with Gasteiger partial charge in [-0.25, -0.2) is 4.98 Å². The molecule has 0 saturated carbocycles. The van der Waals surface area contributed by atoms with Crippen LogP contribution >= 0.6 is 0 Å². The zero-order chi connectivity index (χ0) is 14.5. The monoisotopic (exact) mass is 284 g/mol. The smallest absolute Gasteiger partial charge is 0.226 e. The standard InChI is InChI=1S/C13H16N8/c1-2-5-14-13-19-11(10-12(20-13)17-8-16-10)15-7-9-4-3-6-18-21-9/h3-4,6,8H,2,5,7H2,1H3,(H3,14,15,16,17,19,20). The Hall–Kier alpha value is -2.77. The van der Waals surface area contributed by atoms with Gasteiger partial charge in [0.15, 0.2) is 11.5 Å². The van der Waals surface area contributed by atoms with Gasteiger partial charge < -0.3 is 15.6 Å². The van der Waals surface area contributed by atoms with Crippen LogP contribution in [0.25, 0.3) is 11.2 Å². The molecule has 0 aromatic carbocycles. The summed E-state index contributed by atoms with van der Waals surface area (Å²) in [4.78, 5) is 16.1. The molecule has 3 aromatic rings. The maximum absolute atomic E-state index is 4.47. The number of aromatic amines is 1. The fourth-order valence-corrected chi connectivity index (χ4v) is 1.88. The average Bonchev–Trinajstić information content (AvgIpc) is 3.00. The van der Waals surface area contributed by atoms with Gasteiger partial charge in [0.2, 0.25) is 5.95 Å². The van der Waals surface area contributed by atoms with E-state index in [9.17, 15) is 0 Å². The average molecular weight is 284 g/mol. The van der Waals surface area contributed by atoms with Crippen LogP contribution in [-0.4, -0.2) is 36.7 Å². The fraction of sp³-hybridized carbons (Fsp3) is 0.308. The molecule has 0 atom stereocenters. The van der Waals surface area contributed by atoms with E-state index in [0.29, 0.717) is 24.0 Å². The largest absolute Gasteiger partial charge is 0.362 e. The first kappa shape index (κ1) is 13.2. The number of imidazole rings is 1. The first-order valence-corrected chi connectivity index (χ1v) is 6.82. The maximum Gasteiger partial charge on any atom is 0.226 e. The molecule has 21 heavy (non-hydrogen) atoms. The number of aromatic nitrogens is 6. The van der Waals surface area contributed by atoms with E-state index in [4.69, 9.17) is 0 Å². The summed E-state index contributed by atoms with van der Waals surface area (Å²) in [5.41, 5.74) is 2.25. The first-order chi connectivity index (χ1) is 10.4. The van der Waals surface area contributed by atoms with Crippen molar-refractivity contribution in [3.05, 3.63) is 30.4 Å². The summed E-state index contributed by atoms with van der Waals surface area (Å²) in [6.45, 7) is 3.44. The Balaban J connectivity index is 1.83. The molecule has 0 aliphatic heterocycles. The van der Waals surface area contributed by atoms with Crippen molar-refractivity contribution in [3.63, 3.8) is 0 Å². The van der Waals surface area contributed by atoms with Crippen LogP contribution in [-0.2, 0) is 6.54 Å². The number of anilines is 2. The summed E-state index contributed by atoms with van der Waals surface area (Å²) in [5.74, 6) is 1.26. The van der Waals surface area contributed by atoms with Crippen LogP contribution < -0.4 is 10.6 Å². The second-order valence-corrected chi connectivity index (χ2v) is 4.49. The highest BCUT2D eigenvalue weighted by atomic mass is 15.2. The molecule has 0 aliphatic carbocycles. The molecule has 0 saturated heterocycles. The van der Waals surface area contributed by atoms with Crippen molar-refractivity contribution in [1.29, 1.82) is 0 Å². The Morgan fingerprint density at radius 2 is 2.19 bits per heavy atom. The molecule has 0 unspecified atom stereocenters. The summed E-state index contributed by atoms with van der Waals surface area (Å²) >= 11 is 0. The predicted octanol–water partition coefficient (Wildman–Crippen LogP) is 1.58. The molecule has 8 nitrogen and oxygen atoms in total. The summed E-state index contributed by atoms with van der Waals surface area (Å²) in [5, 5.41) is 14.3. The third-order valence-electron chi connectivity index (χ3n) is 2.88. The van der Waals surface area contributed by atoms with Crippen molar-refractivity contribution in [2.45, 2.75) is 19.9 Å². The van der Waals surface area contributed by atoms with Crippen molar-refractivity contribution in [3.8, 4) is 0 Å². The second kappa shape index (κ2) is 6.12. The van der Waals surface area contributed by atoms with Gasteiger partial charge >= 0.3 is 0 Å². The van der Waals surface area contributed by atoms with Gasteiger partial charge in [-0.2, -0.15) is 20.2 Å². The van der Waals surface area contributed by atoms with Gasteiger partial charge in [-0.15, -0.1) is 0 Å². The van der Waals surface area contributed by atoms with Gasteiger partial charge in [0, 0.05) is 12.7 Å². The molecule has 0 aliphatic rings. The van der Waals surface area contributed by atoms with Crippen LogP contribution in [0.1, 0.15) is 19.0 Å². The van der Waals surface area contributed by atoms with Gasteiger partial charge in [0.05, 0.1) is 18.6 Å². The minimum absolute atomic E-state index is 0.534. The molecular formula is C13H16N8. The number of H-pyrrole nitrogens is 1. The summed E-state index contributed by atoms with van der Waals surface area (Å²) in [7, 11) is 0. The lowest BCUT2D eigenvalue weighted by Gasteiger charge is -2.08. The van der Waals surface area contributed by atoms with Crippen LogP contribution in [0.15, 0.2) is 24.7 Å². The molecule has 3 N–H and O–H groups in total. The van der Waals surface area contributed by atoms with Crippen molar-refractivity contribution in [2.24, 2.45) is 0 Å². The highest BCUT2D eigenvalue weighted by molar-refractivity contribution is 5.83. The number of nitrogens with zero attached hydrogens (tertiary/aromatic N) is 5.